The normalized spacial score (nSPS) is 23.1. The second kappa shape index (κ2) is 4.94. The Morgan fingerprint density at radius 3 is 2.65 bits per heavy atom. The SMILES string of the molecule is c1cc(-c2ccc(NC3CCN(C4CC4)C3)cc2)[nH]n1. The smallest absolute Gasteiger partial charge is 0.0650 e. The van der Waals surface area contributed by atoms with Gasteiger partial charge in [-0.1, -0.05) is 12.1 Å². The van der Waals surface area contributed by atoms with Crippen molar-refractivity contribution in [2.75, 3.05) is 18.4 Å². The zero-order chi connectivity index (χ0) is 13.4. The highest BCUT2D eigenvalue weighted by Crippen LogP contribution is 2.30. The lowest BCUT2D eigenvalue weighted by Crippen LogP contribution is -2.27. The van der Waals surface area contributed by atoms with Crippen LogP contribution in [0.3, 0.4) is 0 Å². The van der Waals surface area contributed by atoms with Gasteiger partial charge in [-0.15, -0.1) is 0 Å². The van der Waals surface area contributed by atoms with E-state index in [-0.39, 0.29) is 0 Å². The molecule has 0 bridgehead atoms. The Labute approximate surface area is 119 Å². The monoisotopic (exact) mass is 268 g/mol. The molecule has 1 atom stereocenters. The van der Waals surface area contributed by atoms with Crippen LogP contribution in [0.25, 0.3) is 11.3 Å². The van der Waals surface area contributed by atoms with Gasteiger partial charge in [-0.05, 0) is 43.0 Å². The maximum atomic E-state index is 3.99. The average Bonchev–Trinajstić information content (AvgIpc) is 3.00. The molecule has 104 valence electrons. The first kappa shape index (κ1) is 12.0. The molecule has 1 saturated carbocycles. The largest absolute Gasteiger partial charge is 0.381 e. The minimum absolute atomic E-state index is 0.605. The number of rotatable bonds is 4. The maximum Gasteiger partial charge on any atom is 0.0650 e. The minimum Gasteiger partial charge on any atom is -0.381 e. The third-order valence-corrected chi connectivity index (χ3v) is 4.35. The predicted molar refractivity (Wildman–Crippen MR) is 80.6 cm³/mol. The molecule has 2 N–H and O–H groups in total. The van der Waals surface area contributed by atoms with Crippen LogP contribution in [0.15, 0.2) is 36.5 Å². The summed E-state index contributed by atoms with van der Waals surface area (Å²) in [6, 6.07) is 12.1. The van der Waals surface area contributed by atoms with E-state index in [1.165, 1.54) is 43.6 Å². The molecule has 20 heavy (non-hydrogen) atoms. The average molecular weight is 268 g/mol. The van der Waals surface area contributed by atoms with Crippen LogP contribution in [0.4, 0.5) is 5.69 Å². The van der Waals surface area contributed by atoms with Crippen LogP contribution < -0.4 is 5.32 Å². The second-order valence-electron chi connectivity index (χ2n) is 5.90. The Morgan fingerprint density at radius 2 is 1.95 bits per heavy atom. The van der Waals surface area contributed by atoms with E-state index in [0.29, 0.717) is 6.04 Å². The summed E-state index contributed by atoms with van der Waals surface area (Å²) in [5.74, 6) is 0. The third-order valence-electron chi connectivity index (χ3n) is 4.35. The van der Waals surface area contributed by atoms with Crippen LogP contribution in [0.2, 0.25) is 0 Å². The van der Waals surface area contributed by atoms with Crippen molar-refractivity contribution in [3.63, 3.8) is 0 Å². The Morgan fingerprint density at radius 1 is 1.10 bits per heavy atom. The standard InChI is InChI=1S/C16H20N4/c1-3-13(4-2-12(1)16-7-9-17-19-16)18-14-8-10-20(11-14)15-5-6-15/h1-4,7,9,14-15,18H,5-6,8,10-11H2,(H,17,19). The van der Waals surface area contributed by atoms with Crippen LogP contribution in [0.5, 0.6) is 0 Å². The predicted octanol–water partition coefficient (Wildman–Crippen LogP) is 2.73. The maximum absolute atomic E-state index is 3.99. The molecule has 1 saturated heterocycles. The van der Waals surface area contributed by atoms with Crippen LogP contribution in [0, 0.1) is 0 Å². The lowest BCUT2D eigenvalue weighted by molar-refractivity contribution is 0.326. The Kier molecular flexibility index (Phi) is 2.96. The summed E-state index contributed by atoms with van der Waals surface area (Å²) in [6.07, 6.45) is 5.86. The molecule has 1 aliphatic heterocycles. The quantitative estimate of drug-likeness (QED) is 0.896. The molecule has 2 aliphatic rings. The van der Waals surface area contributed by atoms with Crippen molar-refractivity contribution in [1.29, 1.82) is 0 Å². The molecule has 1 aromatic carbocycles. The van der Waals surface area contributed by atoms with Gasteiger partial charge in [0.05, 0.1) is 5.69 Å². The third kappa shape index (κ3) is 2.43. The number of benzene rings is 1. The zero-order valence-corrected chi connectivity index (χ0v) is 11.5. The fraction of sp³-hybridized carbons (Fsp3) is 0.438. The molecule has 0 radical (unpaired) electrons. The van der Waals surface area contributed by atoms with Crippen molar-refractivity contribution in [3.8, 4) is 11.3 Å². The van der Waals surface area contributed by atoms with Crippen molar-refractivity contribution >= 4 is 5.69 Å². The highest BCUT2D eigenvalue weighted by atomic mass is 15.2. The number of aromatic nitrogens is 2. The number of anilines is 1. The summed E-state index contributed by atoms with van der Waals surface area (Å²) in [5, 5.41) is 10.6. The molecule has 4 nitrogen and oxygen atoms in total. The number of H-pyrrole nitrogens is 1. The number of hydrogen-bond acceptors (Lipinski definition) is 3. The van der Waals surface area contributed by atoms with E-state index in [4.69, 9.17) is 0 Å². The number of nitrogens with zero attached hydrogens (tertiary/aromatic N) is 2. The van der Waals surface area contributed by atoms with E-state index in [1.807, 2.05) is 6.07 Å². The summed E-state index contributed by atoms with van der Waals surface area (Å²) in [6.45, 7) is 2.46. The Bertz CT molecular complexity index is 557. The molecular weight excluding hydrogens is 248 g/mol. The van der Waals surface area contributed by atoms with Gasteiger partial charge in [0.15, 0.2) is 0 Å². The molecule has 2 fully saturated rings. The minimum atomic E-state index is 0.605. The zero-order valence-electron chi connectivity index (χ0n) is 11.5. The molecular formula is C16H20N4. The molecule has 2 aromatic rings. The summed E-state index contributed by atoms with van der Waals surface area (Å²) < 4.78 is 0. The van der Waals surface area contributed by atoms with Crippen molar-refractivity contribution in [1.82, 2.24) is 15.1 Å². The summed E-state index contributed by atoms with van der Waals surface area (Å²) in [7, 11) is 0. The molecule has 4 heteroatoms. The fourth-order valence-electron chi connectivity index (χ4n) is 3.07. The molecule has 0 amide bonds. The summed E-state index contributed by atoms with van der Waals surface area (Å²) in [5.41, 5.74) is 3.47. The van der Waals surface area contributed by atoms with Crippen molar-refractivity contribution < 1.29 is 0 Å². The van der Waals surface area contributed by atoms with Gasteiger partial charge in [0.2, 0.25) is 0 Å². The second-order valence-corrected chi connectivity index (χ2v) is 5.90. The van der Waals surface area contributed by atoms with Gasteiger partial charge in [-0.2, -0.15) is 5.10 Å². The number of nitrogens with one attached hydrogen (secondary N) is 2. The van der Waals surface area contributed by atoms with Gasteiger partial charge in [0.1, 0.15) is 0 Å². The molecule has 0 spiro atoms. The first-order chi connectivity index (χ1) is 9.88. The van der Waals surface area contributed by atoms with Gasteiger partial charge in [0, 0.05) is 37.1 Å². The van der Waals surface area contributed by atoms with E-state index in [0.717, 1.165) is 11.7 Å². The lowest BCUT2D eigenvalue weighted by atomic mass is 10.1. The van der Waals surface area contributed by atoms with E-state index < -0.39 is 0 Å². The topological polar surface area (TPSA) is 44.0 Å². The lowest BCUT2D eigenvalue weighted by Gasteiger charge is -2.16. The first-order valence-corrected chi connectivity index (χ1v) is 7.49. The summed E-state index contributed by atoms with van der Waals surface area (Å²) in [4.78, 5) is 2.64. The van der Waals surface area contributed by atoms with E-state index in [1.54, 1.807) is 6.20 Å². The van der Waals surface area contributed by atoms with Gasteiger partial charge < -0.3 is 5.32 Å². The molecule has 1 unspecified atom stereocenters. The number of hydrogen-bond donors (Lipinski definition) is 2. The van der Waals surface area contributed by atoms with E-state index in [9.17, 15) is 0 Å². The molecule has 1 aromatic heterocycles. The van der Waals surface area contributed by atoms with Gasteiger partial charge in [-0.25, -0.2) is 0 Å². The van der Waals surface area contributed by atoms with Crippen LogP contribution in [-0.4, -0.2) is 40.3 Å². The highest BCUT2D eigenvalue weighted by molar-refractivity contribution is 5.62. The van der Waals surface area contributed by atoms with E-state index in [2.05, 4.69) is 44.7 Å². The molecule has 2 heterocycles. The van der Waals surface area contributed by atoms with Gasteiger partial charge in [0.25, 0.3) is 0 Å². The van der Waals surface area contributed by atoms with Crippen LogP contribution in [-0.2, 0) is 0 Å². The summed E-state index contributed by atoms with van der Waals surface area (Å²) >= 11 is 0. The highest BCUT2D eigenvalue weighted by Gasteiger charge is 2.34. The fourth-order valence-corrected chi connectivity index (χ4v) is 3.07. The van der Waals surface area contributed by atoms with Gasteiger partial charge >= 0.3 is 0 Å². The first-order valence-electron chi connectivity index (χ1n) is 7.49. The van der Waals surface area contributed by atoms with E-state index >= 15 is 0 Å². The van der Waals surface area contributed by atoms with Crippen molar-refractivity contribution in [2.45, 2.75) is 31.3 Å². The Balaban J connectivity index is 1.39. The number of aromatic amines is 1. The molecule has 1 aliphatic carbocycles. The Hall–Kier alpha value is -1.81. The van der Waals surface area contributed by atoms with Crippen molar-refractivity contribution in [2.24, 2.45) is 0 Å². The van der Waals surface area contributed by atoms with Crippen molar-refractivity contribution in [3.05, 3.63) is 36.5 Å². The van der Waals surface area contributed by atoms with Gasteiger partial charge in [-0.3, -0.25) is 10.00 Å². The van der Waals surface area contributed by atoms with Crippen LogP contribution >= 0.6 is 0 Å². The molecule has 4 rings (SSSR count). The number of likely N-dealkylation sites (tertiary alicyclic amines) is 1. The van der Waals surface area contributed by atoms with Crippen LogP contribution in [0.1, 0.15) is 19.3 Å².